The zero-order chi connectivity index (χ0) is 18.0. The van der Waals surface area contributed by atoms with Crippen molar-refractivity contribution in [2.75, 3.05) is 26.0 Å². The van der Waals surface area contributed by atoms with Gasteiger partial charge in [-0.05, 0) is 48.2 Å². The monoisotopic (exact) mass is 340 g/mol. The van der Waals surface area contributed by atoms with Gasteiger partial charge in [0.25, 0.3) is 0 Å². The van der Waals surface area contributed by atoms with Crippen molar-refractivity contribution in [3.63, 3.8) is 0 Å². The summed E-state index contributed by atoms with van der Waals surface area (Å²) in [6, 6.07) is 14.7. The Hall–Kier alpha value is -2.36. The molecule has 2 aromatic rings. The van der Waals surface area contributed by atoms with E-state index >= 15 is 0 Å². The fraction of sp³-hybridized carbons (Fsp3) is 0.381. The molecule has 3 nitrogen and oxygen atoms in total. The third-order valence-corrected chi connectivity index (χ3v) is 5.23. The van der Waals surface area contributed by atoms with Crippen LogP contribution in [0.3, 0.4) is 0 Å². The van der Waals surface area contributed by atoms with E-state index in [1.54, 1.807) is 17.0 Å². The Morgan fingerprint density at radius 2 is 1.60 bits per heavy atom. The van der Waals surface area contributed by atoms with E-state index in [1.807, 2.05) is 21.1 Å². The topological polar surface area (TPSA) is 23.6 Å². The molecular weight excluding hydrogens is 315 g/mol. The van der Waals surface area contributed by atoms with E-state index in [9.17, 15) is 9.18 Å². The number of likely N-dealkylation sites (N-methyl/N-ethyl adjacent to an activating group) is 1. The Labute approximate surface area is 149 Å². The smallest absolute Gasteiger partial charge is 0.233 e. The highest BCUT2D eigenvalue weighted by Crippen LogP contribution is 2.45. The Morgan fingerprint density at radius 1 is 1.00 bits per heavy atom. The summed E-state index contributed by atoms with van der Waals surface area (Å²) in [7, 11) is 5.87. The normalized spacial score (nSPS) is 15.4. The molecule has 2 aromatic carbocycles. The zero-order valence-corrected chi connectivity index (χ0v) is 15.1. The van der Waals surface area contributed by atoms with E-state index in [1.165, 1.54) is 12.1 Å². The molecule has 0 aromatic heterocycles. The molecule has 0 aliphatic heterocycles. The van der Waals surface area contributed by atoms with Gasteiger partial charge in [0, 0.05) is 33.4 Å². The minimum Gasteiger partial charge on any atom is -0.378 e. The summed E-state index contributed by atoms with van der Waals surface area (Å²) in [5, 5.41) is 0. The maximum absolute atomic E-state index is 13.2. The van der Waals surface area contributed by atoms with Crippen molar-refractivity contribution in [3.8, 4) is 0 Å². The van der Waals surface area contributed by atoms with E-state index in [-0.39, 0.29) is 11.7 Å². The molecule has 0 N–H and O–H groups in total. The van der Waals surface area contributed by atoms with Crippen LogP contribution in [0, 0.1) is 5.82 Å². The fourth-order valence-electron chi connectivity index (χ4n) is 3.54. The fourth-order valence-corrected chi connectivity index (χ4v) is 3.54. The number of nitrogens with zero attached hydrogens (tertiary/aromatic N) is 2. The van der Waals surface area contributed by atoms with E-state index in [2.05, 4.69) is 29.2 Å². The first kappa shape index (κ1) is 17.5. The lowest BCUT2D eigenvalue weighted by molar-refractivity contribution is -0.140. The van der Waals surface area contributed by atoms with Gasteiger partial charge in [-0.3, -0.25) is 4.79 Å². The molecule has 0 unspecified atom stereocenters. The summed E-state index contributed by atoms with van der Waals surface area (Å²) in [4.78, 5) is 17.0. The Kier molecular flexibility index (Phi) is 4.80. The molecule has 1 aliphatic carbocycles. The highest BCUT2D eigenvalue weighted by Gasteiger charge is 2.46. The minimum absolute atomic E-state index is 0.127. The lowest BCUT2D eigenvalue weighted by Gasteiger charge is -2.43. The van der Waals surface area contributed by atoms with Crippen molar-refractivity contribution < 1.29 is 9.18 Å². The summed E-state index contributed by atoms with van der Waals surface area (Å²) in [5.41, 5.74) is 2.70. The van der Waals surface area contributed by atoms with Gasteiger partial charge in [0.2, 0.25) is 5.91 Å². The molecule has 25 heavy (non-hydrogen) atoms. The van der Waals surface area contributed by atoms with Crippen molar-refractivity contribution in [1.82, 2.24) is 4.90 Å². The third-order valence-electron chi connectivity index (χ3n) is 5.23. The van der Waals surface area contributed by atoms with Crippen LogP contribution in [-0.4, -0.2) is 32.0 Å². The molecule has 0 bridgehead atoms. The van der Waals surface area contributed by atoms with Gasteiger partial charge in [0.1, 0.15) is 5.82 Å². The molecular formula is C21H25FN2O. The number of benzene rings is 2. The third kappa shape index (κ3) is 3.39. The van der Waals surface area contributed by atoms with Gasteiger partial charge in [0.15, 0.2) is 0 Å². The SMILES string of the molecule is CN(Cc1ccc(N(C)C)cc1)C(=O)C1(c2ccc(F)cc2)CCC1. The predicted molar refractivity (Wildman–Crippen MR) is 99.2 cm³/mol. The maximum Gasteiger partial charge on any atom is 0.233 e. The quantitative estimate of drug-likeness (QED) is 0.822. The molecule has 1 amide bonds. The molecule has 4 heteroatoms. The summed E-state index contributed by atoms with van der Waals surface area (Å²) in [6.45, 7) is 0.579. The second-order valence-electron chi connectivity index (χ2n) is 7.16. The average Bonchev–Trinajstić information content (AvgIpc) is 2.56. The molecule has 0 heterocycles. The number of carbonyl (C=O) groups is 1. The van der Waals surface area contributed by atoms with Gasteiger partial charge in [-0.15, -0.1) is 0 Å². The molecule has 1 aliphatic rings. The minimum atomic E-state index is -0.480. The largest absolute Gasteiger partial charge is 0.378 e. The molecule has 1 saturated carbocycles. The molecule has 0 saturated heterocycles. The van der Waals surface area contributed by atoms with Gasteiger partial charge in [0.05, 0.1) is 5.41 Å². The van der Waals surface area contributed by atoms with Gasteiger partial charge in [-0.2, -0.15) is 0 Å². The summed E-state index contributed by atoms with van der Waals surface area (Å²) >= 11 is 0. The second kappa shape index (κ2) is 6.87. The summed E-state index contributed by atoms with van der Waals surface area (Å²) in [5.74, 6) is -0.137. The number of hydrogen-bond donors (Lipinski definition) is 0. The highest BCUT2D eigenvalue weighted by molar-refractivity contribution is 5.89. The Bertz CT molecular complexity index is 733. The van der Waals surface area contributed by atoms with E-state index < -0.39 is 5.41 Å². The first-order chi connectivity index (χ1) is 11.9. The standard InChI is InChI=1S/C21H25FN2O/c1-23(2)19-11-5-16(6-12-19)15-24(3)20(25)21(13-4-14-21)17-7-9-18(22)10-8-17/h5-12H,4,13-15H2,1-3H3. The zero-order valence-electron chi connectivity index (χ0n) is 15.1. The lowest BCUT2D eigenvalue weighted by atomic mass is 9.63. The first-order valence-corrected chi connectivity index (χ1v) is 8.70. The van der Waals surface area contributed by atoms with E-state index in [0.29, 0.717) is 6.54 Å². The second-order valence-corrected chi connectivity index (χ2v) is 7.16. The number of carbonyl (C=O) groups excluding carboxylic acids is 1. The molecule has 0 atom stereocenters. The van der Waals surface area contributed by atoms with Crippen LogP contribution in [0.4, 0.5) is 10.1 Å². The van der Waals surface area contributed by atoms with Gasteiger partial charge in [-0.1, -0.05) is 30.7 Å². The highest BCUT2D eigenvalue weighted by atomic mass is 19.1. The van der Waals surface area contributed by atoms with Crippen molar-refractivity contribution in [3.05, 3.63) is 65.5 Å². The molecule has 3 rings (SSSR count). The van der Waals surface area contributed by atoms with Crippen LogP contribution in [0.25, 0.3) is 0 Å². The van der Waals surface area contributed by atoms with Crippen LogP contribution < -0.4 is 4.90 Å². The van der Waals surface area contributed by atoms with Gasteiger partial charge < -0.3 is 9.80 Å². The van der Waals surface area contributed by atoms with Crippen molar-refractivity contribution in [2.45, 2.75) is 31.2 Å². The Morgan fingerprint density at radius 3 is 2.08 bits per heavy atom. The predicted octanol–water partition coefficient (Wildman–Crippen LogP) is 3.97. The van der Waals surface area contributed by atoms with Crippen LogP contribution in [0.1, 0.15) is 30.4 Å². The lowest BCUT2D eigenvalue weighted by Crippen LogP contribution is -2.49. The van der Waals surface area contributed by atoms with Crippen molar-refractivity contribution >= 4 is 11.6 Å². The average molecular weight is 340 g/mol. The number of anilines is 1. The number of hydrogen-bond acceptors (Lipinski definition) is 2. The molecule has 0 spiro atoms. The van der Waals surface area contributed by atoms with E-state index in [4.69, 9.17) is 0 Å². The maximum atomic E-state index is 13.2. The van der Waals surface area contributed by atoms with Crippen molar-refractivity contribution in [2.24, 2.45) is 0 Å². The van der Waals surface area contributed by atoms with Crippen LogP contribution >= 0.6 is 0 Å². The summed E-state index contributed by atoms with van der Waals surface area (Å²) < 4.78 is 13.2. The number of halogens is 1. The molecule has 132 valence electrons. The molecule has 1 fully saturated rings. The molecule has 0 radical (unpaired) electrons. The van der Waals surface area contributed by atoms with Crippen LogP contribution in [0.5, 0.6) is 0 Å². The van der Waals surface area contributed by atoms with E-state index in [0.717, 1.165) is 36.1 Å². The summed E-state index contributed by atoms with van der Waals surface area (Å²) in [6.07, 6.45) is 2.71. The number of rotatable bonds is 5. The van der Waals surface area contributed by atoms with Crippen LogP contribution in [0.2, 0.25) is 0 Å². The van der Waals surface area contributed by atoms with Gasteiger partial charge in [-0.25, -0.2) is 4.39 Å². The van der Waals surface area contributed by atoms with Gasteiger partial charge >= 0.3 is 0 Å². The number of amides is 1. The van der Waals surface area contributed by atoms with Crippen LogP contribution in [-0.2, 0) is 16.8 Å². The Balaban J connectivity index is 1.75. The first-order valence-electron chi connectivity index (χ1n) is 8.70. The van der Waals surface area contributed by atoms with Crippen LogP contribution in [0.15, 0.2) is 48.5 Å². The van der Waals surface area contributed by atoms with Crippen molar-refractivity contribution in [1.29, 1.82) is 0 Å².